The third-order valence-electron chi connectivity index (χ3n) is 3.67. The Morgan fingerprint density at radius 2 is 2.05 bits per heavy atom. The van der Waals surface area contributed by atoms with E-state index < -0.39 is 35.1 Å². The average Bonchev–Trinajstić information content (AvgIpc) is 2.71. The summed E-state index contributed by atoms with van der Waals surface area (Å²) >= 11 is 0. The minimum atomic E-state index is -1.01. The van der Waals surface area contributed by atoms with E-state index in [2.05, 4.69) is 20.3 Å². The topological polar surface area (TPSA) is 121 Å². The predicted octanol–water partition coefficient (Wildman–Crippen LogP) is 0.492. The Bertz CT molecular complexity index is 577. The third-order valence-corrected chi connectivity index (χ3v) is 3.67. The second-order valence-electron chi connectivity index (χ2n) is 5.25. The summed E-state index contributed by atoms with van der Waals surface area (Å²) in [7, 11) is 1.21. The highest BCUT2D eigenvalue weighted by atomic mass is 16.5. The van der Waals surface area contributed by atoms with Gasteiger partial charge in [0.1, 0.15) is 11.4 Å². The third kappa shape index (κ3) is 2.13. The van der Waals surface area contributed by atoms with E-state index in [0.29, 0.717) is 0 Å². The summed E-state index contributed by atoms with van der Waals surface area (Å²) in [5.74, 6) is -3.38. The first-order valence-corrected chi connectivity index (χ1v) is 5.96. The molecule has 0 radical (unpaired) electrons. The lowest BCUT2D eigenvalue weighted by molar-refractivity contribution is -0.140. The number of aromatic amines is 1. The minimum absolute atomic E-state index is 0.0891. The summed E-state index contributed by atoms with van der Waals surface area (Å²) in [6.45, 7) is 3.43. The number of carbonyl (C=O) groups excluding carboxylic acids is 2. The minimum Gasteiger partial charge on any atom is -0.481 e. The van der Waals surface area contributed by atoms with Gasteiger partial charge < -0.3 is 15.2 Å². The first-order chi connectivity index (χ1) is 9.30. The van der Waals surface area contributed by atoms with Crippen LogP contribution in [0.15, 0.2) is 6.20 Å². The number of nitrogens with zero attached hydrogens (tertiary/aromatic N) is 1. The van der Waals surface area contributed by atoms with Crippen molar-refractivity contribution in [2.24, 2.45) is 17.3 Å². The van der Waals surface area contributed by atoms with Crippen molar-refractivity contribution in [1.29, 1.82) is 0 Å². The van der Waals surface area contributed by atoms with E-state index in [-0.39, 0.29) is 11.4 Å². The number of aromatic nitrogens is 2. The van der Waals surface area contributed by atoms with Crippen molar-refractivity contribution in [3.05, 3.63) is 11.8 Å². The summed E-state index contributed by atoms with van der Waals surface area (Å²) < 4.78 is 4.55. The number of carboxylic acid groups (broad SMARTS) is 1. The van der Waals surface area contributed by atoms with E-state index in [1.54, 1.807) is 13.8 Å². The van der Waals surface area contributed by atoms with E-state index in [1.807, 2.05) is 0 Å². The first kappa shape index (κ1) is 14.0. The molecule has 0 saturated heterocycles. The van der Waals surface area contributed by atoms with E-state index in [1.165, 1.54) is 13.3 Å². The molecule has 20 heavy (non-hydrogen) atoms. The monoisotopic (exact) mass is 281 g/mol. The van der Waals surface area contributed by atoms with Crippen molar-refractivity contribution in [3.8, 4) is 0 Å². The Hall–Kier alpha value is -2.38. The fraction of sp³-hybridized carbons (Fsp3) is 0.500. The normalized spacial score (nSPS) is 22.9. The number of carboxylic acids is 1. The molecule has 1 amide bonds. The number of ether oxygens (including phenoxy) is 1. The van der Waals surface area contributed by atoms with Crippen LogP contribution in [0.25, 0.3) is 0 Å². The van der Waals surface area contributed by atoms with Gasteiger partial charge in [0.25, 0.3) is 0 Å². The van der Waals surface area contributed by atoms with E-state index in [9.17, 15) is 14.4 Å². The van der Waals surface area contributed by atoms with E-state index >= 15 is 0 Å². The number of methoxy groups -OCH3 is 1. The van der Waals surface area contributed by atoms with Crippen molar-refractivity contribution >= 4 is 23.7 Å². The van der Waals surface area contributed by atoms with Crippen LogP contribution in [-0.4, -0.2) is 40.3 Å². The molecule has 2 rings (SSSR count). The van der Waals surface area contributed by atoms with Crippen molar-refractivity contribution in [3.63, 3.8) is 0 Å². The number of anilines is 1. The van der Waals surface area contributed by atoms with Crippen molar-refractivity contribution in [2.45, 2.75) is 13.8 Å². The molecule has 8 heteroatoms. The second kappa shape index (κ2) is 4.62. The van der Waals surface area contributed by atoms with Crippen LogP contribution in [0.3, 0.4) is 0 Å². The van der Waals surface area contributed by atoms with Gasteiger partial charge in [-0.3, -0.25) is 14.7 Å². The smallest absolute Gasteiger partial charge is 0.343 e. The van der Waals surface area contributed by atoms with Gasteiger partial charge in [-0.2, -0.15) is 5.10 Å². The molecule has 0 aliphatic heterocycles. The van der Waals surface area contributed by atoms with Gasteiger partial charge in [-0.15, -0.1) is 0 Å². The second-order valence-corrected chi connectivity index (χ2v) is 5.25. The Balaban J connectivity index is 2.13. The van der Waals surface area contributed by atoms with Gasteiger partial charge in [0.2, 0.25) is 5.91 Å². The van der Waals surface area contributed by atoms with Gasteiger partial charge in [0.05, 0.1) is 25.1 Å². The average molecular weight is 281 g/mol. The Morgan fingerprint density at radius 1 is 1.40 bits per heavy atom. The van der Waals surface area contributed by atoms with Gasteiger partial charge in [0.15, 0.2) is 0 Å². The lowest BCUT2D eigenvalue weighted by Gasteiger charge is -2.05. The quantitative estimate of drug-likeness (QED) is 0.690. The van der Waals surface area contributed by atoms with Crippen molar-refractivity contribution in [1.82, 2.24) is 10.2 Å². The summed E-state index contributed by atoms with van der Waals surface area (Å²) in [5.41, 5.74) is -0.521. The highest BCUT2D eigenvalue weighted by Crippen LogP contribution is 2.58. The van der Waals surface area contributed by atoms with Crippen LogP contribution < -0.4 is 5.32 Å². The number of amides is 1. The van der Waals surface area contributed by atoms with E-state index in [4.69, 9.17) is 5.11 Å². The van der Waals surface area contributed by atoms with Crippen LogP contribution in [0.1, 0.15) is 24.2 Å². The molecule has 8 nitrogen and oxygen atoms in total. The van der Waals surface area contributed by atoms with Gasteiger partial charge in [-0.25, -0.2) is 4.79 Å². The first-order valence-electron chi connectivity index (χ1n) is 5.96. The number of rotatable bonds is 4. The molecule has 108 valence electrons. The maximum atomic E-state index is 12.1. The van der Waals surface area contributed by atoms with Crippen LogP contribution in [0.2, 0.25) is 0 Å². The molecule has 1 aromatic heterocycles. The molecule has 1 saturated carbocycles. The number of esters is 1. The molecule has 0 spiro atoms. The van der Waals surface area contributed by atoms with Gasteiger partial charge >= 0.3 is 11.9 Å². The van der Waals surface area contributed by atoms with E-state index in [0.717, 1.165) is 0 Å². The fourth-order valence-electron chi connectivity index (χ4n) is 2.44. The number of hydrogen-bond acceptors (Lipinski definition) is 5. The molecule has 2 atom stereocenters. The zero-order valence-corrected chi connectivity index (χ0v) is 11.3. The van der Waals surface area contributed by atoms with Crippen LogP contribution in [0, 0.1) is 17.3 Å². The molecule has 1 fully saturated rings. The molecule has 0 aromatic carbocycles. The van der Waals surface area contributed by atoms with Crippen molar-refractivity contribution in [2.75, 3.05) is 12.4 Å². The molecular formula is C12H15N3O5. The molecule has 0 bridgehead atoms. The number of carbonyl (C=O) groups is 3. The largest absolute Gasteiger partial charge is 0.481 e. The van der Waals surface area contributed by atoms with Gasteiger partial charge in [-0.1, -0.05) is 13.8 Å². The predicted molar refractivity (Wildman–Crippen MR) is 67.0 cm³/mol. The lowest BCUT2D eigenvalue weighted by Crippen LogP contribution is -2.19. The molecule has 0 unspecified atom stereocenters. The number of nitrogens with one attached hydrogen (secondary N) is 2. The summed E-state index contributed by atoms with van der Waals surface area (Å²) in [6, 6.07) is 0. The van der Waals surface area contributed by atoms with Gasteiger partial charge in [0, 0.05) is 0 Å². The Kier molecular flexibility index (Phi) is 3.24. The zero-order chi connectivity index (χ0) is 15.1. The maximum Gasteiger partial charge on any atom is 0.343 e. The van der Waals surface area contributed by atoms with Crippen LogP contribution in [0.5, 0.6) is 0 Å². The molecule has 1 heterocycles. The Labute approximate surface area is 114 Å². The molecule has 1 aliphatic rings. The summed E-state index contributed by atoms with van der Waals surface area (Å²) in [4.78, 5) is 34.6. The standard InChI is InChI=1S/C12H15N3O5/c1-12(2)6(7(12)10(17)18)9(16)14-8-5(4-13-15-8)11(19)20-3/h4,6-7H,1-3H3,(H,17,18)(H2,13,14,15,16)/t6-,7-/m1/s1. The molecule has 1 aliphatic carbocycles. The fourth-order valence-corrected chi connectivity index (χ4v) is 2.44. The molecular weight excluding hydrogens is 266 g/mol. The Morgan fingerprint density at radius 3 is 2.55 bits per heavy atom. The number of H-pyrrole nitrogens is 1. The van der Waals surface area contributed by atoms with Crippen LogP contribution in [-0.2, 0) is 14.3 Å². The van der Waals surface area contributed by atoms with Gasteiger partial charge in [-0.05, 0) is 5.41 Å². The highest BCUT2D eigenvalue weighted by Gasteiger charge is 2.66. The van der Waals surface area contributed by atoms with Crippen molar-refractivity contribution < 1.29 is 24.2 Å². The van der Waals surface area contributed by atoms with Crippen LogP contribution in [0.4, 0.5) is 5.82 Å². The lowest BCUT2D eigenvalue weighted by atomic mass is 10.1. The zero-order valence-electron chi connectivity index (χ0n) is 11.3. The number of hydrogen-bond donors (Lipinski definition) is 3. The molecule has 3 N–H and O–H groups in total. The SMILES string of the molecule is COC(=O)c1cn[nH]c1NC(=O)[C@H]1[C@H](C(=O)O)C1(C)C. The summed E-state index contributed by atoms with van der Waals surface area (Å²) in [6.07, 6.45) is 1.23. The maximum absolute atomic E-state index is 12.1. The molecule has 1 aromatic rings. The summed E-state index contributed by atoms with van der Waals surface area (Å²) in [5, 5.41) is 17.7. The highest BCUT2D eigenvalue weighted by molar-refractivity contribution is 6.03. The van der Waals surface area contributed by atoms with Crippen LogP contribution >= 0.6 is 0 Å². The number of aliphatic carboxylic acids is 1.